The summed E-state index contributed by atoms with van der Waals surface area (Å²) in [6.45, 7) is 2.37. The summed E-state index contributed by atoms with van der Waals surface area (Å²) < 4.78 is 27.2. The fourth-order valence-corrected chi connectivity index (χ4v) is 3.07. The van der Waals surface area contributed by atoms with Crippen molar-refractivity contribution >= 4 is 10.0 Å². The molecule has 0 radical (unpaired) electrons. The SMILES string of the molecule is Cc1ccc(S(=O)(=O)NCC2CC2)c(C#CCCO)c1. The van der Waals surface area contributed by atoms with Gasteiger partial charge in [-0.15, -0.1) is 0 Å². The lowest BCUT2D eigenvalue weighted by molar-refractivity contribution is 0.305. The lowest BCUT2D eigenvalue weighted by Gasteiger charge is -2.09. The number of nitrogens with one attached hydrogen (secondary N) is 1. The highest BCUT2D eigenvalue weighted by molar-refractivity contribution is 7.89. The summed E-state index contributed by atoms with van der Waals surface area (Å²) in [5.41, 5.74) is 1.45. The molecule has 20 heavy (non-hydrogen) atoms. The lowest BCUT2D eigenvalue weighted by atomic mass is 10.1. The van der Waals surface area contributed by atoms with Crippen molar-refractivity contribution in [2.75, 3.05) is 13.2 Å². The van der Waals surface area contributed by atoms with Crippen LogP contribution in [0.2, 0.25) is 0 Å². The van der Waals surface area contributed by atoms with Crippen molar-refractivity contribution < 1.29 is 13.5 Å². The topological polar surface area (TPSA) is 66.4 Å². The number of aliphatic hydroxyl groups is 1. The summed E-state index contributed by atoms with van der Waals surface area (Å²) in [5.74, 6) is 6.10. The van der Waals surface area contributed by atoms with Crippen LogP contribution in [0.15, 0.2) is 23.1 Å². The van der Waals surface area contributed by atoms with E-state index < -0.39 is 10.0 Å². The Morgan fingerprint density at radius 3 is 2.80 bits per heavy atom. The van der Waals surface area contributed by atoms with Crippen LogP contribution in [0.5, 0.6) is 0 Å². The van der Waals surface area contributed by atoms with Gasteiger partial charge in [-0.1, -0.05) is 17.9 Å². The van der Waals surface area contributed by atoms with Crippen molar-refractivity contribution in [3.63, 3.8) is 0 Å². The lowest BCUT2D eigenvalue weighted by Crippen LogP contribution is -2.26. The van der Waals surface area contributed by atoms with E-state index in [1.807, 2.05) is 6.92 Å². The first-order chi connectivity index (χ1) is 9.53. The van der Waals surface area contributed by atoms with Crippen molar-refractivity contribution in [1.29, 1.82) is 0 Å². The van der Waals surface area contributed by atoms with Crippen LogP contribution in [0.3, 0.4) is 0 Å². The Morgan fingerprint density at radius 1 is 1.40 bits per heavy atom. The molecule has 1 aliphatic carbocycles. The van der Waals surface area contributed by atoms with Crippen LogP contribution in [0, 0.1) is 24.7 Å². The largest absolute Gasteiger partial charge is 0.395 e. The van der Waals surface area contributed by atoms with Gasteiger partial charge in [-0.05, 0) is 43.4 Å². The number of aryl methyl sites for hydroxylation is 1. The Hall–Kier alpha value is -1.35. The summed E-state index contributed by atoms with van der Waals surface area (Å²) in [4.78, 5) is 0.217. The summed E-state index contributed by atoms with van der Waals surface area (Å²) in [5, 5.41) is 8.75. The average molecular weight is 293 g/mol. The number of rotatable bonds is 5. The highest BCUT2D eigenvalue weighted by Crippen LogP contribution is 2.28. The second-order valence-electron chi connectivity index (χ2n) is 5.07. The first-order valence-electron chi connectivity index (χ1n) is 6.73. The van der Waals surface area contributed by atoms with E-state index in [4.69, 9.17) is 5.11 Å². The smallest absolute Gasteiger partial charge is 0.241 e. The van der Waals surface area contributed by atoms with Crippen LogP contribution in [-0.2, 0) is 10.0 Å². The predicted octanol–water partition coefficient (Wildman–Crippen LogP) is 1.42. The van der Waals surface area contributed by atoms with Gasteiger partial charge in [0, 0.05) is 18.5 Å². The van der Waals surface area contributed by atoms with Gasteiger partial charge in [0.1, 0.15) is 0 Å². The molecule has 0 aliphatic heterocycles. The van der Waals surface area contributed by atoms with Gasteiger partial charge in [-0.2, -0.15) is 0 Å². The second-order valence-corrected chi connectivity index (χ2v) is 6.81. The molecule has 0 amide bonds. The Labute approximate surface area is 120 Å². The molecule has 4 nitrogen and oxygen atoms in total. The molecule has 0 bridgehead atoms. The molecule has 1 aromatic carbocycles. The molecule has 0 atom stereocenters. The molecule has 1 fully saturated rings. The molecule has 108 valence electrons. The molecule has 1 saturated carbocycles. The summed E-state index contributed by atoms with van der Waals surface area (Å²) in [7, 11) is -3.51. The van der Waals surface area contributed by atoms with Crippen molar-refractivity contribution in [3.05, 3.63) is 29.3 Å². The van der Waals surface area contributed by atoms with E-state index in [1.165, 1.54) is 0 Å². The Balaban J connectivity index is 2.27. The molecule has 2 rings (SSSR count). The first-order valence-corrected chi connectivity index (χ1v) is 8.21. The second kappa shape index (κ2) is 6.40. The van der Waals surface area contributed by atoms with Gasteiger partial charge in [-0.3, -0.25) is 0 Å². The van der Waals surface area contributed by atoms with Crippen molar-refractivity contribution in [1.82, 2.24) is 4.72 Å². The highest BCUT2D eigenvalue weighted by Gasteiger charge is 2.25. The van der Waals surface area contributed by atoms with Crippen LogP contribution in [0.25, 0.3) is 0 Å². The fraction of sp³-hybridized carbons (Fsp3) is 0.467. The number of hydrogen-bond acceptors (Lipinski definition) is 3. The van der Waals surface area contributed by atoms with E-state index in [2.05, 4.69) is 16.6 Å². The van der Waals surface area contributed by atoms with Gasteiger partial charge >= 0.3 is 0 Å². The van der Waals surface area contributed by atoms with Gasteiger partial charge < -0.3 is 5.11 Å². The Bertz CT molecular complexity index is 637. The maximum Gasteiger partial charge on any atom is 0.241 e. The predicted molar refractivity (Wildman–Crippen MR) is 77.7 cm³/mol. The number of aliphatic hydroxyl groups excluding tert-OH is 1. The number of hydrogen-bond donors (Lipinski definition) is 2. The third-order valence-corrected chi connectivity index (χ3v) is 4.63. The maximum atomic E-state index is 12.3. The van der Waals surface area contributed by atoms with E-state index in [0.717, 1.165) is 18.4 Å². The minimum atomic E-state index is -3.51. The third kappa shape index (κ3) is 4.07. The monoisotopic (exact) mass is 293 g/mol. The molecule has 0 saturated heterocycles. The summed E-state index contributed by atoms with van der Waals surface area (Å²) in [6.07, 6.45) is 2.53. The maximum absolute atomic E-state index is 12.3. The van der Waals surface area contributed by atoms with Gasteiger partial charge in [0.2, 0.25) is 10.0 Å². The third-order valence-electron chi connectivity index (χ3n) is 3.14. The standard InChI is InChI=1S/C15H19NO3S/c1-12-5-8-15(14(10-12)4-2-3-9-17)20(18,19)16-11-13-6-7-13/h5,8,10,13,16-17H,3,6-7,9,11H2,1H3. The normalized spacial score (nSPS) is 14.7. The van der Waals surface area contributed by atoms with Gasteiger partial charge in [0.15, 0.2) is 0 Å². The molecular weight excluding hydrogens is 274 g/mol. The van der Waals surface area contributed by atoms with E-state index in [1.54, 1.807) is 18.2 Å². The highest BCUT2D eigenvalue weighted by atomic mass is 32.2. The summed E-state index contributed by atoms with van der Waals surface area (Å²) >= 11 is 0. The Kier molecular flexibility index (Phi) is 4.81. The van der Waals surface area contributed by atoms with Crippen molar-refractivity contribution in [2.45, 2.75) is 31.1 Å². The zero-order valence-electron chi connectivity index (χ0n) is 11.5. The first kappa shape index (κ1) is 15.0. The van der Waals surface area contributed by atoms with Crippen molar-refractivity contribution in [2.24, 2.45) is 5.92 Å². The van der Waals surface area contributed by atoms with Crippen LogP contribution < -0.4 is 4.72 Å². The van der Waals surface area contributed by atoms with Crippen LogP contribution in [0.4, 0.5) is 0 Å². The molecule has 0 unspecified atom stereocenters. The Morgan fingerprint density at radius 2 is 2.15 bits per heavy atom. The average Bonchev–Trinajstić information content (AvgIpc) is 3.21. The van der Waals surface area contributed by atoms with Crippen LogP contribution in [0.1, 0.15) is 30.4 Å². The minimum Gasteiger partial charge on any atom is -0.395 e. The molecule has 2 N–H and O–H groups in total. The molecule has 0 aromatic heterocycles. The van der Waals surface area contributed by atoms with Crippen LogP contribution in [-0.4, -0.2) is 26.7 Å². The minimum absolute atomic E-state index is 0.0270. The van der Waals surface area contributed by atoms with E-state index in [9.17, 15) is 8.42 Å². The van der Waals surface area contributed by atoms with E-state index in [-0.39, 0.29) is 11.5 Å². The zero-order valence-corrected chi connectivity index (χ0v) is 12.3. The molecule has 5 heteroatoms. The molecule has 0 heterocycles. The number of sulfonamides is 1. The van der Waals surface area contributed by atoms with Crippen molar-refractivity contribution in [3.8, 4) is 11.8 Å². The fourth-order valence-electron chi connectivity index (χ4n) is 1.82. The summed E-state index contributed by atoms with van der Waals surface area (Å²) in [6, 6.07) is 5.12. The molecule has 0 spiro atoms. The van der Waals surface area contributed by atoms with E-state index in [0.29, 0.717) is 24.4 Å². The zero-order chi connectivity index (χ0) is 14.6. The van der Waals surface area contributed by atoms with Gasteiger partial charge in [0.25, 0.3) is 0 Å². The van der Waals surface area contributed by atoms with Crippen LogP contribution >= 0.6 is 0 Å². The molecule has 1 aromatic rings. The van der Waals surface area contributed by atoms with Gasteiger partial charge in [0.05, 0.1) is 11.5 Å². The quantitative estimate of drug-likeness (QED) is 0.807. The molecular formula is C15H19NO3S. The van der Waals surface area contributed by atoms with Gasteiger partial charge in [-0.25, -0.2) is 13.1 Å². The number of benzene rings is 1. The molecule has 1 aliphatic rings. The van der Waals surface area contributed by atoms with E-state index >= 15 is 0 Å².